The predicted molar refractivity (Wildman–Crippen MR) is 48.1 cm³/mol. The third kappa shape index (κ3) is 5.03. The predicted octanol–water partition coefficient (Wildman–Crippen LogP) is 0.289. The Balaban J connectivity index is 4.11. The molecule has 0 spiro atoms. The quantitative estimate of drug-likeness (QED) is 0.496. The van der Waals surface area contributed by atoms with E-state index in [0.717, 1.165) is 6.08 Å². The van der Waals surface area contributed by atoms with Gasteiger partial charge in [0.1, 0.15) is 0 Å². The number of carbonyl (C=O) groups excluding carboxylic acids is 1. The molecule has 0 aliphatic heterocycles. The van der Waals surface area contributed by atoms with E-state index in [4.69, 9.17) is 4.55 Å². The van der Waals surface area contributed by atoms with Crippen molar-refractivity contribution in [3.8, 4) is 0 Å². The second-order valence-corrected chi connectivity index (χ2v) is 3.97. The zero-order valence-corrected chi connectivity index (χ0v) is 7.98. The number of nitrogens with one attached hydrogen (secondary N) is 1. The summed E-state index contributed by atoms with van der Waals surface area (Å²) in [4.78, 5) is 10.8. The summed E-state index contributed by atoms with van der Waals surface area (Å²) in [5, 5.41) is 2.53. The van der Waals surface area contributed by atoms with Crippen LogP contribution < -0.4 is 5.32 Å². The molecule has 4 nitrogen and oxygen atoms in total. The van der Waals surface area contributed by atoms with Gasteiger partial charge >= 0.3 is 0 Å². The van der Waals surface area contributed by atoms with E-state index in [1.165, 1.54) is 0 Å². The van der Waals surface area contributed by atoms with E-state index < -0.39 is 16.6 Å². The third-order valence-electron chi connectivity index (χ3n) is 1.13. The van der Waals surface area contributed by atoms with Crippen LogP contribution in [0.3, 0.4) is 0 Å². The van der Waals surface area contributed by atoms with Crippen LogP contribution in [0.2, 0.25) is 0 Å². The number of rotatable bonds is 4. The number of hydrogen-bond donors (Lipinski definition) is 2. The molecule has 70 valence electrons. The molecule has 1 atom stereocenters. The van der Waals surface area contributed by atoms with Crippen LogP contribution in [0.1, 0.15) is 13.8 Å². The first kappa shape index (κ1) is 11.3. The summed E-state index contributed by atoms with van der Waals surface area (Å²) < 4.78 is 19.0. The summed E-state index contributed by atoms with van der Waals surface area (Å²) in [5.41, 5.74) is -0.676. The van der Waals surface area contributed by atoms with Gasteiger partial charge in [0, 0.05) is 5.54 Å². The van der Waals surface area contributed by atoms with Crippen LogP contribution in [0.15, 0.2) is 12.7 Å². The van der Waals surface area contributed by atoms with Gasteiger partial charge in [-0.2, -0.15) is 0 Å². The van der Waals surface area contributed by atoms with Crippen LogP contribution in [0.5, 0.6) is 0 Å². The molecule has 0 saturated heterocycles. The van der Waals surface area contributed by atoms with E-state index in [2.05, 4.69) is 11.9 Å². The molecule has 2 N–H and O–H groups in total. The van der Waals surface area contributed by atoms with Crippen molar-refractivity contribution in [1.82, 2.24) is 5.32 Å². The highest BCUT2D eigenvalue weighted by Gasteiger charge is 2.21. The first-order valence-corrected chi connectivity index (χ1v) is 4.67. The van der Waals surface area contributed by atoms with Crippen molar-refractivity contribution in [3.63, 3.8) is 0 Å². The number of carbonyl (C=O) groups is 1. The van der Waals surface area contributed by atoms with Crippen LogP contribution in [0.4, 0.5) is 0 Å². The van der Waals surface area contributed by atoms with Crippen LogP contribution in [-0.4, -0.2) is 26.0 Å². The van der Waals surface area contributed by atoms with Gasteiger partial charge in [-0.15, -0.1) is 0 Å². The lowest BCUT2D eigenvalue weighted by Gasteiger charge is -2.23. The Morgan fingerprint density at radius 1 is 1.75 bits per heavy atom. The second-order valence-electron chi connectivity index (χ2n) is 3.04. The monoisotopic (exact) mass is 191 g/mol. The Hall–Kier alpha value is -0.680. The fourth-order valence-corrected chi connectivity index (χ4v) is 1.42. The van der Waals surface area contributed by atoms with Gasteiger partial charge in [-0.25, -0.2) is 4.21 Å². The second kappa shape index (κ2) is 4.37. The Bertz CT molecular complexity index is 213. The number of amides is 1. The maximum absolute atomic E-state index is 10.8. The molecule has 0 bridgehead atoms. The highest BCUT2D eigenvalue weighted by molar-refractivity contribution is 7.79. The molecule has 0 heterocycles. The van der Waals surface area contributed by atoms with Gasteiger partial charge in [0.15, 0.2) is 11.1 Å². The lowest BCUT2D eigenvalue weighted by molar-refractivity contribution is -0.117. The van der Waals surface area contributed by atoms with Gasteiger partial charge in [-0.3, -0.25) is 4.79 Å². The van der Waals surface area contributed by atoms with E-state index >= 15 is 0 Å². The Morgan fingerprint density at radius 2 is 2.25 bits per heavy atom. The Morgan fingerprint density at radius 3 is 2.58 bits per heavy atom. The molecule has 12 heavy (non-hydrogen) atoms. The van der Waals surface area contributed by atoms with Crippen LogP contribution in [-0.2, 0) is 15.9 Å². The summed E-state index contributed by atoms with van der Waals surface area (Å²) in [6, 6.07) is 0. The van der Waals surface area contributed by atoms with Crippen LogP contribution >= 0.6 is 0 Å². The van der Waals surface area contributed by atoms with E-state index in [-0.39, 0.29) is 11.7 Å². The van der Waals surface area contributed by atoms with Crippen molar-refractivity contribution >= 4 is 17.0 Å². The lowest BCUT2D eigenvalue weighted by atomic mass is 10.1. The average molecular weight is 191 g/mol. The van der Waals surface area contributed by atoms with Gasteiger partial charge < -0.3 is 9.87 Å². The van der Waals surface area contributed by atoms with Crippen LogP contribution in [0, 0.1) is 0 Å². The van der Waals surface area contributed by atoms with Crippen molar-refractivity contribution in [2.45, 2.75) is 19.4 Å². The van der Waals surface area contributed by atoms with Crippen molar-refractivity contribution in [2.24, 2.45) is 0 Å². The summed E-state index contributed by atoms with van der Waals surface area (Å²) in [6.45, 7) is 6.61. The summed E-state index contributed by atoms with van der Waals surface area (Å²) in [6.07, 6.45) is 1.13. The van der Waals surface area contributed by atoms with Gasteiger partial charge in [0.2, 0.25) is 5.91 Å². The van der Waals surface area contributed by atoms with Gasteiger partial charge in [0.05, 0.1) is 5.75 Å². The molecule has 0 aromatic heterocycles. The maximum Gasteiger partial charge on any atom is 0.243 e. The summed E-state index contributed by atoms with van der Waals surface area (Å²) >= 11 is -1.90. The highest BCUT2D eigenvalue weighted by Crippen LogP contribution is 2.03. The molecular formula is C7H13NO3S. The maximum atomic E-state index is 10.8. The summed E-state index contributed by atoms with van der Waals surface area (Å²) in [5.74, 6) is -0.336. The van der Waals surface area contributed by atoms with Gasteiger partial charge in [-0.1, -0.05) is 6.58 Å². The smallest absolute Gasteiger partial charge is 0.243 e. The molecule has 0 fully saturated rings. The lowest BCUT2D eigenvalue weighted by Crippen LogP contribution is -2.46. The minimum atomic E-state index is -1.90. The molecule has 0 aromatic carbocycles. The van der Waals surface area contributed by atoms with E-state index in [0.29, 0.717) is 0 Å². The van der Waals surface area contributed by atoms with E-state index in [1.54, 1.807) is 13.8 Å². The molecule has 0 saturated carbocycles. The molecular weight excluding hydrogens is 178 g/mol. The molecule has 0 aromatic rings. The van der Waals surface area contributed by atoms with E-state index in [1.807, 2.05) is 0 Å². The van der Waals surface area contributed by atoms with Crippen molar-refractivity contribution < 1.29 is 13.6 Å². The first-order chi connectivity index (χ1) is 5.37. The van der Waals surface area contributed by atoms with Gasteiger partial charge in [-0.05, 0) is 19.9 Å². The third-order valence-corrected chi connectivity index (χ3v) is 2.10. The van der Waals surface area contributed by atoms with Crippen molar-refractivity contribution in [3.05, 3.63) is 12.7 Å². The molecule has 0 radical (unpaired) electrons. The molecule has 5 heteroatoms. The fourth-order valence-electron chi connectivity index (χ4n) is 0.729. The SMILES string of the molecule is C=CC(=O)NC(C)(C)CS(=O)O. The number of hydrogen-bond acceptors (Lipinski definition) is 2. The topological polar surface area (TPSA) is 66.4 Å². The average Bonchev–Trinajstić information content (AvgIpc) is 1.83. The standard InChI is InChI=1S/C7H13NO3S/c1-4-6(9)8-7(2,3)5-12(10)11/h4H,1,5H2,2-3H3,(H,8,9)(H,10,11). The molecule has 0 aliphatic rings. The van der Waals surface area contributed by atoms with E-state index in [9.17, 15) is 9.00 Å². The molecule has 1 unspecified atom stereocenters. The van der Waals surface area contributed by atoms with Crippen LogP contribution in [0.25, 0.3) is 0 Å². The summed E-state index contributed by atoms with van der Waals surface area (Å²) in [7, 11) is 0. The molecule has 1 amide bonds. The minimum absolute atomic E-state index is 0.00653. The Labute approximate surface area is 74.3 Å². The minimum Gasteiger partial charge on any atom is -0.347 e. The highest BCUT2D eigenvalue weighted by atomic mass is 32.2. The first-order valence-electron chi connectivity index (χ1n) is 3.39. The van der Waals surface area contributed by atoms with Crippen molar-refractivity contribution in [1.29, 1.82) is 0 Å². The van der Waals surface area contributed by atoms with Gasteiger partial charge in [0.25, 0.3) is 0 Å². The normalized spacial score (nSPS) is 13.6. The zero-order chi connectivity index (χ0) is 9.78. The van der Waals surface area contributed by atoms with Crippen molar-refractivity contribution in [2.75, 3.05) is 5.75 Å². The molecule has 0 rings (SSSR count). The zero-order valence-electron chi connectivity index (χ0n) is 7.16. The molecule has 0 aliphatic carbocycles. The fraction of sp³-hybridized carbons (Fsp3) is 0.571. The Kier molecular flexibility index (Phi) is 4.12. The largest absolute Gasteiger partial charge is 0.347 e.